The Morgan fingerprint density at radius 1 is 0.872 bits per heavy atom. The summed E-state index contributed by atoms with van der Waals surface area (Å²) in [6, 6.07) is 7.77. The number of halogens is 9. The van der Waals surface area contributed by atoms with Crippen molar-refractivity contribution in [2.45, 2.75) is 44.3 Å². The number of hydrogen-bond donors (Lipinski definition) is 6. The van der Waals surface area contributed by atoms with Gasteiger partial charge in [0.1, 0.15) is 5.84 Å². The van der Waals surface area contributed by atoms with Crippen molar-refractivity contribution in [2.75, 3.05) is 44.2 Å². The number of amidine groups is 1. The fraction of sp³-hybridized carbons (Fsp3) is 0.560. The lowest BCUT2D eigenvalue weighted by molar-refractivity contribution is -0.193. The van der Waals surface area contributed by atoms with Crippen LogP contribution in [0, 0.1) is 11.3 Å². The average molecular weight is 701 g/mol. The number of carboxylic acid groups (broad SMARTS) is 3. The summed E-state index contributed by atoms with van der Waals surface area (Å²) in [7, 11) is 0. The van der Waals surface area contributed by atoms with Gasteiger partial charge in [-0.15, -0.1) is 0 Å². The number of likely N-dealkylation sites (tertiary alicyclic amines) is 1. The highest BCUT2D eigenvalue weighted by molar-refractivity contribution is 5.98. The van der Waals surface area contributed by atoms with Gasteiger partial charge < -0.3 is 36.6 Å². The van der Waals surface area contributed by atoms with Gasteiger partial charge >= 0.3 is 42.5 Å². The van der Waals surface area contributed by atoms with E-state index in [9.17, 15) is 44.3 Å². The van der Waals surface area contributed by atoms with Gasteiger partial charge in [-0.05, 0) is 30.9 Å². The maximum atomic E-state index is 13.2. The highest BCUT2D eigenvalue weighted by Gasteiger charge is 2.40. The summed E-state index contributed by atoms with van der Waals surface area (Å²) in [5.74, 6) is -7.85. The Hall–Kier alpha value is -4.34. The summed E-state index contributed by atoms with van der Waals surface area (Å²) < 4.78 is 95.2. The van der Waals surface area contributed by atoms with Crippen molar-refractivity contribution in [3.05, 3.63) is 29.8 Å². The monoisotopic (exact) mass is 700 g/mol. The molecule has 0 radical (unpaired) electrons. The summed E-state index contributed by atoms with van der Waals surface area (Å²) in [5.41, 5.74) is 12.7. The number of carboxylic acids is 3. The normalized spacial score (nSPS) is 17.6. The molecular weight excluding hydrogens is 667 g/mol. The molecule has 2 aliphatic rings. The molecule has 2 amide bonds. The van der Waals surface area contributed by atoms with Gasteiger partial charge in [-0.2, -0.15) is 39.5 Å². The maximum absolute atomic E-state index is 13.2. The molecule has 8 N–H and O–H groups in total. The molecule has 0 aromatic heterocycles. The predicted molar refractivity (Wildman–Crippen MR) is 146 cm³/mol. The van der Waals surface area contributed by atoms with E-state index >= 15 is 0 Å². The average Bonchev–Trinajstić information content (AvgIpc) is 2.94. The third kappa shape index (κ3) is 15.7. The van der Waals surface area contributed by atoms with Crippen LogP contribution in [-0.2, 0) is 14.4 Å². The molecule has 22 heteroatoms. The van der Waals surface area contributed by atoms with Crippen LogP contribution in [-0.4, -0.2) is 119 Å². The first-order valence-corrected chi connectivity index (χ1v) is 13.2. The second kappa shape index (κ2) is 18.1. The number of piperidine rings is 1. The largest absolute Gasteiger partial charge is 0.490 e. The number of hydrogen-bond acceptors (Lipinski definition) is 7. The molecule has 0 bridgehead atoms. The summed E-state index contributed by atoms with van der Waals surface area (Å²) in [6.45, 7) is 7.31. The number of amides is 2. The van der Waals surface area contributed by atoms with Gasteiger partial charge in [-0.1, -0.05) is 19.1 Å². The van der Waals surface area contributed by atoms with E-state index in [-0.39, 0.29) is 17.9 Å². The van der Waals surface area contributed by atoms with Crippen molar-refractivity contribution >= 4 is 35.5 Å². The number of anilines is 1. The molecule has 0 saturated carbocycles. The molecule has 2 fully saturated rings. The van der Waals surface area contributed by atoms with Crippen LogP contribution in [0.5, 0.6) is 0 Å². The van der Waals surface area contributed by atoms with Crippen LogP contribution in [0.3, 0.4) is 0 Å². The summed E-state index contributed by atoms with van der Waals surface area (Å²) >= 11 is 0. The fourth-order valence-electron chi connectivity index (χ4n) is 4.02. The van der Waals surface area contributed by atoms with Gasteiger partial charge in [0, 0.05) is 56.6 Å². The molecule has 2 saturated heterocycles. The number of nitrogens with zero attached hydrogens (tertiary/aromatic N) is 3. The molecule has 0 spiro atoms. The lowest BCUT2D eigenvalue weighted by Crippen LogP contribution is -2.58. The molecule has 0 aliphatic carbocycles. The molecule has 268 valence electrons. The number of rotatable bonds is 5. The number of nitrogens with two attached hydrogens (primary N) is 2. The van der Waals surface area contributed by atoms with E-state index in [0.717, 1.165) is 44.7 Å². The fourth-order valence-corrected chi connectivity index (χ4v) is 4.02. The molecule has 47 heavy (non-hydrogen) atoms. The second-order valence-corrected chi connectivity index (χ2v) is 9.88. The molecule has 2 aliphatic heterocycles. The Balaban J connectivity index is 0.000000820. The minimum atomic E-state index is -5.08. The number of nitrogen functional groups attached to an aromatic ring is 1. The zero-order chi connectivity index (χ0) is 36.9. The van der Waals surface area contributed by atoms with Crippen molar-refractivity contribution < 1.29 is 74.0 Å². The number of urea groups is 1. The standard InChI is InChI=1S/C19H30N6O.3C2HF3O2/c1-14-12-24(16-5-8-23(9-6-16)10-7-20)19(26)25(13-14)17-4-2-3-15(11-17)18(21)22;3*3-2(4,5)1(6)7/h2-4,11,14,16H,5-10,12-13,20H2,1H3,(H3,21,22);3*(H,6,7). The Labute approximate surface area is 261 Å². The van der Waals surface area contributed by atoms with E-state index in [1.807, 2.05) is 28.0 Å². The van der Waals surface area contributed by atoms with Gasteiger partial charge in [0.2, 0.25) is 0 Å². The Morgan fingerprint density at radius 2 is 1.30 bits per heavy atom. The Morgan fingerprint density at radius 3 is 1.66 bits per heavy atom. The van der Waals surface area contributed by atoms with Gasteiger partial charge in [-0.25, -0.2) is 19.2 Å². The molecule has 1 aromatic rings. The summed E-state index contributed by atoms with van der Waals surface area (Å²) in [5, 5.41) is 29.0. The molecule has 2 heterocycles. The Bertz CT molecular complexity index is 1160. The lowest BCUT2D eigenvalue weighted by Gasteiger charge is -2.45. The summed E-state index contributed by atoms with van der Waals surface area (Å²) in [6.07, 6.45) is -13.3. The number of carbonyl (C=O) groups is 4. The van der Waals surface area contributed by atoms with Crippen LogP contribution in [0.2, 0.25) is 0 Å². The first-order valence-electron chi connectivity index (χ1n) is 13.2. The van der Waals surface area contributed by atoms with Crippen LogP contribution < -0.4 is 16.4 Å². The third-order valence-corrected chi connectivity index (χ3v) is 6.12. The van der Waals surface area contributed by atoms with Crippen LogP contribution in [0.15, 0.2) is 24.3 Å². The van der Waals surface area contributed by atoms with E-state index in [1.54, 1.807) is 6.07 Å². The van der Waals surface area contributed by atoms with Crippen molar-refractivity contribution in [3.63, 3.8) is 0 Å². The minimum Gasteiger partial charge on any atom is -0.475 e. The van der Waals surface area contributed by atoms with Crippen LogP contribution in [0.25, 0.3) is 0 Å². The molecule has 1 aromatic carbocycles. The van der Waals surface area contributed by atoms with Crippen LogP contribution in [0.1, 0.15) is 25.3 Å². The molecule has 3 rings (SSSR count). The van der Waals surface area contributed by atoms with Gasteiger partial charge in [-0.3, -0.25) is 10.3 Å². The SMILES string of the molecule is CC1CN(c2cccc(C(=N)N)c2)C(=O)N(C2CCN(CCN)CC2)C1.O=C(O)C(F)(F)F.O=C(O)C(F)(F)F.O=C(O)C(F)(F)F. The lowest BCUT2D eigenvalue weighted by atomic mass is 9.99. The topological polar surface area (TPSA) is 215 Å². The highest BCUT2D eigenvalue weighted by Crippen LogP contribution is 2.27. The van der Waals surface area contributed by atoms with E-state index in [1.165, 1.54) is 0 Å². The zero-order valence-electron chi connectivity index (χ0n) is 24.5. The molecule has 1 unspecified atom stereocenters. The smallest absolute Gasteiger partial charge is 0.475 e. The second-order valence-electron chi connectivity index (χ2n) is 9.88. The third-order valence-electron chi connectivity index (χ3n) is 6.12. The minimum absolute atomic E-state index is 0.0217. The van der Waals surface area contributed by atoms with E-state index in [4.69, 9.17) is 46.6 Å². The van der Waals surface area contributed by atoms with Crippen molar-refractivity contribution in [1.82, 2.24) is 9.80 Å². The van der Waals surface area contributed by atoms with E-state index in [2.05, 4.69) is 11.8 Å². The highest BCUT2D eigenvalue weighted by atomic mass is 19.4. The van der Waals surface area contributed by atoms with Crippen LogP contribution in [0.4, 0.5) is 50.0 Å². The first kappa shape index (κ1) is 42.7. The zero-order valence-corrected chi connectivity index (χ0v) is 24.5. The van der Waals surface area contributed by atoms with E-state index < -0.39 is 36.4 Å². The molecule has 13 nitrogen and oxygen atoms in total. The Kier molecular flexibility index (Phi) is 16.4. The van der Waals surface area contributed by atoms with Crippen molar-refractivity contribution in [3.8, 4) is 0 Å². The first-order chi connectivity index (χ1) is 21.3. The van der Waals surface area contributed by atoms with Gasteiger partial charge in [0.05, 0.1) is 0 Å². The number of alkyl halides is 9. The predicted octanol–water partition coefficient (Wildman–Crippen LogP) is 3.17. The van der Waals surface area contributed by atoms with Crippen molar-refractivity contribution in [1.29, 1.82) is 5.41 Å². The number of aliphatic carboxylic acids is 3. The molecule has 1 atom stereocenters. The number of nitrogens with one attached hydrogen (secondary N) is 1. The van der Waals surface area contributed by atoms with Gasteiger partial charge in [0.15, 0.2) is 0 Å². The van der Waals surface area contributed by atoms with Crippen LogP contribution >= 0.6 is 0 Å². The number of carbonyl (C=O) groups excluding carboxylic acids is 1. The van der Waals surface area contributed by atoms with Crippen molar-refractivity contribution in [2.24, 2.45) is 17.4 Å². The quantitative estimate of drug-likeness (QED) is 0.150. The van der Waals surface area contributed by atoms with E-state index in [0.29, 0.717) is 24.6 Å². The number of benzene rings is 1. The molecular formula is C25H33F9N6O7. The maximum Gasteiger partial charge on any atom is 0.490 e. The summed E-state index contributed by atoms with van der Waals surface area (Å²) in [4.78, 5) is 46.1. The van der Waals surface area contributed by atoms with Gasteiger partial charge in [0.25, 0.3) is 0 Å².